The van der Waals surface area contributed by atoms with Crippen LogP contribution in [0.15, 0.2) is 0 Å². The van der Waals surface area contributed by atoms with Gasteiger partial charge in [0.2, 0.25) is 0 Å². The number of hydrogen-bond donors (Lipinski definition) is 1. The summed E-state index contributed by atoms with van der Waals surface area (Å²) in [5.74, 6) is -0.304. The first kappa shape index (κ1) is 14.1. The van der Waals surface area contributed by atoms with Crippen LogP contribution in [0.2, 0.25) is 0 Å². The Kier molecular flexibility index (Phi) is 6.17. The number of aliphatic carboxylic acids is 1. The first-order valence-corrected chi connectivity index (χ1v) is 5.31. The Hall–Kier alpha value is -0.900. The van der Waals surface area contributed by atoms with Crippen LogP contribution in [-0.4, -0.2) is 40.9 Å². The van der Waals surface area contributed by atoms with Gasteiger partial charge in [-0.05, 0) is 19.8 Å². The second kappa shape index (κ2) is 6.56. The van der Waals surface area contributed by atoms with Gasteiger partial charge in [0.05, 0.1) is 12.5 Å². The summed E-state index contributed by atoms with van der Waals surface area (Å²) in [6.45, 7) is 8.68. The molecule has 0 aromatic carbocycles. The van der Waals surface area contributed by atoms with Crippen LogP contribution in [0.5, 0.6) is 0 Å². The number of carbonyl (C=O) groups is 2. The van der Waals surface area contributed by atoms with Crippen molar-refractivity contribution in [3.8, 4) is 0 Å². The quantitative estimate of drug-likeness (QED) is 0.697. The molecule has 0 spiro atoms. The van der Waals surface area contributed by atoms with Gasteiger partial charge in [0.25, 0.3) is 0 Å². The van der Waals surface area contributed by atoms with Gasteiger partial charge in [-0.2, -0.15) is 0 Å². The zero-order valence-corrected chi connectivity index (χ0v) is 9.99. The highest BCUT2D eigenvalue weighted by Crippen LogP contribution is 2.06. The Labute approximate surface area is 91.3 Å². The van der Waals surface area contributed by atoms with Crippen molar-refractivity contribution in [2.45, 2.75) is 40.2 Å². The number of ketones is 1. The van der Waals surface area contributed by atoms with E-state index in [1.807, 2.05) is 11.8 Å². The van der Waals surface area contributed by atoms with Crippen LogP contribution in [0.1, 0.15) is 34.1 Å². The summed E-state index contributed by atoms with van der Waals surface area (Å²) in [5, 5.41) is 8.61. The van der Waals surface area contributed by atoms with Gasteiger partial charge in [-0.1, -0.05) is 13.8 Å². The van der Waals surface area contributed by atoms with Crippen molar-refractivity contribution in [1.82, 2.24) is 4.90 Å². The predicted octanol–water partition coefficient (Wildman–Crippen LogP) is 1.40. The number of rotatable bonds is 7. The number of hydrogen-bond acceptors (Lipinski definition) is 3. The molecule has 0 aliphatic carbocycles. The maximum Gasteiger partial charge on any atom is 0.304 e. The largest absolute Gasteiger partial charge is 0.481 e. The van der Waals surface area contributed by atoms with Gasteiger partial charge in [-0.3, -0.25) is 14.5 Å². The fraction of sp³-hybridized carbons (Fsp3) is 0.818. The Morgan fingerprint density at radius 1 is 1.27 bits per heavy atom. The summed E-state index contributed by atoms with van der Waals surface area (Å²) < 4.78 is 0. The van der Waals surface area contributed by atoms with Crippen LogP contribution in [0.4, 0.5) is 0 Å². The third-order valence-electron chi connectivity index (χ3n) is 2.35. The molecule has 1 N–H and O–H groups in total. The Bertz CT molecular complexity index is 226. The van der Waals surface area contributed by atoms with Crippen LogP contribution in [0.3, 0.4) is 0 Å². The molecule has 4 nitrogen and oxygen atoms in total. The maximum atomic E-state index is 11.2. The summed E-state index contributed by atoms with van der Waals surface area (Å²) in [6, 6.07) is -0.188. The molecule has 4 heteroatoms. The van der Waals surface area contributed by atoms with Gasteiger partial charge >= 0.3 is 5.97 Å². The molecule has 88 valence electrons. The Balaban J connectivity index is 4.29. The molecular formula is C11H21NO3. The van der Waals surface area contributed by atoms with Crippen molar-refractivity contribution in [3.05, 3.63) is 0 Å². The van der Waals surface area contributed by atoms with Crippen LogP contribution >= 0.6 is 0 Å². The zero-order chi connectivity index (χ0) is 12.0. The lowest BCUT2D eigenvalue weighted by molar-refractivity contribution is -0.138. The minimum Gasteiger partial charge on any atom is -0.481 e. The third-order valence-corrected chi connectivity index (χ3v) is 2.35. The Morgan fingerprint density at radius 2 is 1.80 bits per heavy atom. The van der Waals surface area contributed by atoms with Gasteiger partial charge in [-0.15, -0.1) is 0 Å². The van der Waals surface area contributed by atoms with Crippen molar-refractivity contribution in [1.29, 1.82) is 0 Å². The van der Waals surface area contributed by atoms with Crippen molar-refractivity contribution in [2.24, 2.45) is 5.92 Å². The average molecular weight is 215 g/mol. The SMILES string of the molecule is CC(=O)C(C)N(CCC(=O)O)CC(C)C. The molecule has 0 bridgehead atoms. The fourth-order valence-electron chi connectivity index (χ4n) is 1.41. The van der Waals surface area contributed by atoms with E-state index in [9.17, 15) is 9.59 Å². The van der Waals surface area contributed by atoms with E-state index in [2.05, 4.69) is 13.8 Å². The van der Waals surface area contributed by atoms with Gasteiger partial charge < -0.3 is 5.11 Å². The molecular weight excluding hydrogens is 194 g/mol. The van der Waals surface area contributed by atoms with Crippen LogP contribution in [0, 0.1) is 5.92 Å². The van der Waals surface area contributed by atoms with Crippen LogP contribution in [-0.2, 0) is 9.59 Å². The van der Waals surface area contributed by atoms with E-state index in [4.69, 9.17) is 5.11 Å². The van der Waals surface area contributed by atoms with Crippen LogP contribution < -0.4 is 0 Å². The molecule has 0 fully saturated rings. The Morgan fingerprint density at radius 3 is 2.13 bits per heavy atom. The minimum absolute atomic E-state index is 0.0843. The maximum absolute atomic E-state index is 11.2. The van der Waals surface area contributed by atoms with E-state index in [1.54, 1.807) is 6.92 Å². The lowest BCUT2D eigenvalue weighted by Gasteiger charge is -2.28. The predicted molar refractivity (Wildman–Crippen MR) is 58.8 cm³/mol. The van der Waals surface area contributed by atoms with Gasteiger partial charge in [0, 0.05) is 13.1 Å². The molecule has 0 aromatic heterocycles. The van der Waals surface area contributed by atoms with Crippen molar-refractivity contribution in [2.75, 3.05) is 13.1 Å². The van der Waals surface area contributed by atoms with E-state index >= 15 is 0 Å². The van der Waals surface area contributed by atoms with E-state index in [-0.39, 0.29) is 18.2 Å². The summed E-state index contributed by atoms with van der Waals surface area (Å²) in [6.07, 6.45) is 0.0876. The molecule has 0 amide bonds. The number of carboxylic acid groups (broad SMARTS) is 1. The summed E-state index contributed by atoms with van der Waals surface area (Å²) >= 11 is 0. The zero-order valence-electron chi connectivity index (χ0n) is 9.99. The first-order chi connectivity index (χ1) is 6.84. The molecule has 0 saturated carbocycles. The average Bonchev–Trinajstić information content (AvgIpc) is 2.10. The second-order valence-corrected chi connectivity index (χ2v) is 4.32. The molecule has 0 heterocycles. The van der Waals surface area contributed by atoms with E-state index in [0.717, 1.165) is 6.54 Å². The highest BCUT2D eigenvalue weighted by atomic mass is 16.4. The number of carbonyl (C=O) groups excluding carboxylic acids is 1. The molecule has 15 heavy (non-hydrogen) atoms. The highest BCUT2D eigenvalue weighted by molar-refractivity contribution is 5.81. The van der Waals surface area contributed by atoms with Crippen molar-refractivity contribution in [3.63, 3.8) is 0 Å². The van der Waals surface area contributed by atoms with E-state index in [0.29, 0.717) is 12.5 Å². The first-order valence-electron chi connectivity index (χ1n) is 5.31. The standard InChI is InChI=1S/C11H21NO3/c1-8(2)7-12(6-5-11(14)15)9(3)10(4)13/h8-9H,5-7H2,1-4H3,(H,14,15). The molecule has 0 saturated heterocycles. The van der Waals surface area contributed by atoms with Crippen molar-refractivity contribution < 1.29 is 14.7 Å². The smallest absolute Gasteiger partial charge is 0.304 e. The molecule has 0 rings (SSSR count). The second-order valence-electron chi connectivity index (χ2n) is 4.32. The van der Waals surface area contributed by atoms with Gasteiger partial charge in [0.15, 0.2) is 0 Å². The summed E-state index contributed by atoms with van der Waals surface area (Å²) in [4.78, 5) is 23.6. The molecule has 0 aliphatic heterocycles. The van der Waals surface area contributed by atoms with Crippen molar-refractivity contribution >= 4 is 11.8 Å². The summed E-state index contributed by atoms with van der Waals surface area (Å²) in [7, 11) is 0. The molecule has 0 aliphatic rings. The lowest BCUT2D eigenvalue weighted by atomic mass is 10.1. The van der Waals surface area contributed by atoms with E-state index < -0.39 is 5.97 Å². The topological polar surface area (TPSA) is 57.6 Å². The monoisotopic (exact) mass is 215 g/mol. The minimum atomic E-state index is -0.820. The molecule has 0 radical (unpaired) electrons. The van der Waals surface area contributed by atoms with Gasteiger partial charge in [0.1, 0.15) is 5.78 Å². The molecule has 1 unspecified atom stereocenters. The van der Waals surface area contributed by atoms with Crippen LogP contribution in [0.25, 0.3) is 0 Å². The fourth-order valence-corrected chi connectivity index (χ4v) is 1.41. The molecule has 0 aromatic rings. The normalized spacial score (nSPS) is 13.2. The van der Waals surface area contributed by atoms with E-state index in [1.165, 1.54) is 0 Å². The number of nitrogens with zero attached hydrogens (tertiary/aromatic N) is 1. The summed E-state index contributed by atoms with van der Waals surface area (Å²) in [5.41, 5.74) is 0. The third kappa shape index (κ3) is 6.23. The molecule has 1 atom stereocenters. The van der Waals surface area contributed by atoms with Gasteiger partial charge in [-0.25, -0.2) is 0 Å². The lowest BCUT2D eigenvalue weighted by Crippen LogP contribution is -2.41. The number of carboxylic acids is 1. The highest BCUT2D eigenvalue weighted by Gasteiger charge is 2.19. The number of Topliss-reactive ketones (excluding diaryl/α,β-unsaturated/α-hetero) is 1.